The van der Waals surface area contributed by atoms with Crippen LogP contribution < -0.4 is 5.32 Å². The molecule has 2 atom stereocenters. The first-order valence-electron chi connectivity index (χ1n) is 11.3. The van der Waals surface area contributed by atoms with Crippen LogP contribution in [0.2, 0.25) is 0 Å². The van der Waals surface area contributed by atoms with Crippen molar-refractivity contribution in [3.05, 3.63) is 59.7 Å². The van der Waals surface area contributed by atoms with Gasteiger partial charge in [0.2, 0.25) is 5.91 Å². The smallest absolute Gasteiger partial charge is 0.407 e. The third-order valence-corrected chi connectivity index (χ3v) is 7.55. The minimum Gasteiger partial charge on any atom is -0.480 e. The number of ether oxygens (including phenoxy) is 2. The summed E-state index contributed by atoms with van der Waals surface area (Å²) in [7, 11) is 0. The Morgan fingerprint density at radius 1 is 1.09 bits per heavy atom. The number of alkyl carbamates (subject to hydrolysis) is 1. The zero-order chi connectivity index (χ0) is 24.1. The molecule has 2 unspecified atom stereocenters. The van der Waals surface area contributed by atoms with E-state index in [0.29, 0.717) is 12.2 Å². The lowest BCUT2D eigenvalue weighted by Crippen LogP contribution is -2.47. The molecule has 34 heavy (non-hydrogen) atoms. The van der Waals surface area contributed by atoms with E-state index in [0.717, 1.165) is 22.3 Å². The number of carbonyl (C=O) groups excluding carboxylic acids is 2. The topological polar surface area (TPSA) is 105 Å². The molecular weight excluding hydrogens is 456 g/mol. The number of carboxylic acids is 1. The van der Waals surface area contributed by atoms with Crippen molar-refractivity contribution in [1.82, 2.24) is 10.2 Å². The van der Waals surface area contributed by atoms with E-state index in [4.69, 9.17) is 9.47 Å². The van der Waals surface area contributed by atoms with Crippen LogP contribution in [0.15, 0.2) is 48.5 Å². The average molecular weight is 485 g/mol. The molecule has 4 rings (SSSR count). The first-order valence-corrected chi connectivity index (χ1v) is 12.4. The minimum absolute atomic E-state index is 0.0148. The van der Waals surface area contributed by atoms with Gasteiger partial charge in [-0.2, -0.15) is 0 Å². The fourth-order valence-electron chi connectivity index (χ4n) is 4.51. The Balaban J connectivity index is 1.20. The maximum Gasteiger partial charge on any atom is 0.407 e. The van der Waals surface area contributed by atoms with Crippen molar-refractivity contribution < 1.29 is 29.0 Å². The van der Waals surface area contributed by atoms with Crippen LogP contribution in [0.1, 0.15) is 30.4 Å². The zero-order valence-corrected chi connectivity index (χ0v) is 19.8. The molecule has 1 saturated heterocycles. The number of hydrogen-bond donors (Lipinski definition) is 2. The lowest BCUT2D eigenvalue weighted by molar-refractivity contribution is -0.151. The van der Waals surface area contributed by atoms with Gasteiger partial charge in [0.25, 0.3) is 0 Å². The van der Waals surface area contributed by atoms with Crippen molar-refractivity contribution in [3.8, 4) is 11.1 Å². The van der Waals surface area contributed by atoms with Crippen LogP contribution in [0.5, 0.6) is 0 Å². The van der Waals surface area contributed by atoms with E-state index in [9.17, 15) is 19.5 Å². The highest BCUT2D eigenvalue weighted by atomic mass is 32.2. The first-order chi connectivity index (χ1) is 16.5. The molecule has 1 aliphatic carbocycles. The second-order valence-electron chi connectivity index (χ2n) is 8.16. The maximum atomic E-state index is 12.5. The molecule has 2 N–H and O–H groups in total. The van der Waals surface area contributed by atoms with Crippen molar-refractivity contribution in [1.29, 1.82) is 0 Å². The second-order valence-corrected chi connectivity index (χ2v) is 9.37. The quantitative estimate of drug-likeness (QED) is 0.526. The maximum absolute atomic E-state index is 12.5. The van der Waals surface area contributed by atoms with Crippen LogP contribution in [-0.2, 0) is 19.1 Å². The number of nitrogens with one attached hydrogen (secondary N) is 1. The summed E-state index contributed by atoms with van der Waals surface area (Å²) in [6, 6.07) is 15.4. The number of carbonyl (C=O) groups is 3. The molecule has 2 aromatic rings. The monoisotopic (exact) mass is 484 g/mol. The first kappa shape index (κ1) is 24.1. The van der Waals surface area contributed by atoms with Crippen molar-refractivity contribution in [2.75, 3.05) is 32.1 Å². The molecule has 1 heterocycles. The van der Waals surface area contributed by atoms with Gasteiger partial charge in [0.1, 0.15) is 19.3 Å². The van der Waals surface area contributed by atoms with E-state index in [-0.39, 0.29) is 43.6 Å². The molecule has 2 aromatic carbocycles. The third-order valence-electron chi connectivity index (χ3n) is 6.10. The predicted molar refractivity (Wildman–Crippen MR) is 129 cm³/mol. The van der Waals surface area contributed by atoms with Crippen LogP contribution in [0.3, 0.4) is 0 Å². The molecule has 180 valence electrons. The molecule has 0 saturated carbocycles. The summed E-state index contributed by atoms with van der Waals surface area (Å²) < 4.78 is 10.9. The van der Waals surface area contributed by atoms with E-state index < -0.39 is 18.1 Å². The number of nitrogens with zero attached hydrogens (tertiary/aromatic N) is 1. The highest BCUT2D eigenvalue weighted by Gasteiger charge is 2.40. The van der Waals surface area contributed by atoms with E-state index >= 15 is 0 Å². The number of benzene rings is 2. The van der Waals surface area contributed by atoms with Crippen molar-refractivity contribution in [2.45, 2.75) is 30.7 Å². The molecule has 0 radical (unpaired) electrons. The predicted octanol–water partition coefficient (Wildman–Crippen LogP) is 3.31. The van der Waals surface area contributed by atoms with E-state index in [1.807, 2.05) is 31.2 Å². The summed E-state index contributed by atoms with van der Waals surface area (Å²) in [6.45, 7) is 2.21. The molecule has 8 nitrogen and oxygen atoms in total. The molecular formula is C25H28N2O6S. The normalized spacial score (nSPS) is 18.9. The number of fused-ring (bicyclic) bond motifs is 3. The third kappa shape index (κ3) is 5.05. The number of amides is 2. The number of carboxylic acid groups (broad SMARTS) is 1. The Hall–Kier alpha value is -3.04. The molecule has 9 heteroatoms. The van der Waals surface area contributed by atoms with Gasteiger partial charge >= 0.3 is 12.1 Å². The van der Waals surface area contributed by atoms with Gasteiger partial charge in [0, 0.05) is 18.2 Å². The van der Waals surface area contributed by atoms with Crippen LogP contribution in [0, 0.1) is 0 Å². The molecule has 0 aromatic heterocycles. The molecule has 0 spiro atoms. The fourth-order valence-corrected chi connectivity index (χ4v) is 5.88. The van der Waals surface area contributed by atoms with E-state index in [1.54, 1.807) is 0 Å². The SMILES string of the molecule is CCC1SCC(C(=O)O)N1C(=O)COCCNC(=O)OCC1c2ccccc2-c2ccccc21. The molecule has 0 bridgehead atoms. The van der Waals surface area contributed by atoms with Gasteiger partial charge in [-0.1, -0.05) is 55.5 Å². The molecule has 1 fully saturated rings. The van der Waals surface area contributed by atoms with Gasteiger partial charge in [-0.05, 0) is 28.7 Å². The standard InChI is InChI=1S/C25H28N2O6S/c1-2-23-27(21(15-34-23)24(29)30)22(28)14-32-12-11-26-25(31)33-13-20-18-9-5-3-7-16(18)17-8-4-6-10-19(17)20/h3-10,20-21,23H,2,11-15H2,1H3,(H,26,31)(H,29,30). The number of rotatable bonds is 9. The Bertz CT molecular complexity index is 1020. The Morgan fingerprint density at radius 2 is 1.74 bits per heavy atom. The van der Waals surface area contributed by atoms with Gasteiger partial charge in [0.05, 0.1) is 12.0 Å². The largest absolute Gasteiger partial charge is 0.480 e. The highest BCUT2D eigenvalue weighted by Crippen LogP contribution is 2.44. The summed E-state index contributed by atoms with van der Waals surface area (Å²) >= 11 is 1.47. The Kier molecular flexibility index (Phi) is 7.74. The molecule has 2 aliphatic rings. The Labute approximate surface area is 202 Å². The van der Waals surface area contributed by atoms with Gasteiger partial charge in [-0.15, -0.1) is 11.8 Å². The van der Waals surface area contributed by atoms with Gasteiger partial charge in [-0.3, -0.25) is 4.79 Å². The van der Waals surface area contributed by atoms with Crippen LogP contribution in [-0.4, -0.2) is 71.5 Å². The highest BCUT2D eigenvalue weighted by molar-refractivity contribution is 8.00. The number of hydrogen-bond acceptors (Lipinski definition) is 6. The number of aliphatic carboxylic acids is 1. The van der Waals surface area contributed by atoms with Crippen LogP contribution in [0.4, 0.5) is 4.79 Å². The molecule has 2 amide bonds. The lowest BCUT2D eigenvalue weighted by atomic mass is 9.98. The fraction of sp³-hybridized carbons (Fsp3) is 0.400. The summed E-state index contributed by atoms with van der Waals surface area (Å²) in [6.07, 6.45) is 0.119. The Morgan fingerprint density at radius 3 is 2.35 bits per heavy atom. The zero-order valence-electron chi connectivity index (χ0n) is 18.9. The summed E-state index contributed by atoms with van der Waals surface area (Å²) in [5.41, 5.74) is 4.61. The number of thioether (sulfide) groups is 1. The average Bonchev–Trinajstić information content (AvgIpc) is 3.42. The summed E-state index contributed by atoms with van der Waals surface area (Å²) in [4.78, 5) is 37.5. The van der Waals surface area contributed by atoms with Crippen LogP contribution in [0.25, 0.3) is 11.1 Å². The van der Waals surface area contributed by atoms with Gasteiger partial charge in [0.15, 0.2) is 0 Å². The summed E-state index contributed by atoms with van der Waals surface area (Å²) in [5, 5.41) is 11.8. The van der Waals surface area contributed by atoms with Crippen LogP contribution >= 0.6 is 11.8 Å². The van der Waals surface area contributed by atoms with Crippen molar-refractivity contribution >= 4 is 29.7 Å². The molecule has 1 aliphatic heterocycles. The van der Waals surface area contributed by atoms with Gasteiger partial charge in [-0.25, -0.2) is 9.59 Å². The van der Waals surface area contributed by atoms with Crippen molar-refractivity contribution in [2.24, 2.45) is 0 Å². The summed E-state index contributed by atoms with van der Waals surface area (Å²) in [5.74, 6) is -0.999. The van der Waals surface area contributed by atoms with Gasteiger partial charge < -0.3 is 24.8 Å². The van der Waals surface area contributed by atoms with E-state index in [2.05, 4.69) is 29.6 Å². The second kappa shape index (κ2) is 10.9. The minimum atomic E-state index is -1.01. The van der Waals surface area contributed by atoms with E-state index in [1.165, 1.54) is 16.7 Å². The lowest BCUT2D eigenvalue weighted by Gasteiger charge is -2.26. The van der Waals surface area contributed by atoms with Crippen molar-refractivity contribution in [3.63, 3.8) is 0 Å².